The van der Waals surface area contributed by atoms with Gasteiger partial charge in [-0.15, -0.1) is 0 Å². The Morgan fingerprint density at radius 2 is 1.91 bits per heavy atom. The van der Waals surface area contributed by atoms with Gasteiger partial charge in [0, 0.05) is 6.07 Å². The number of fused-ring (bicyclic) bond motifs is 1. The number of carboxylic acid groups (broad SMARTS) is 1. The number of hydrogen-bond acceptors (Lipinski definition) is 8. The molecule has 180 valence electrons. The molecule has 0 spiro atoms. The van der Waals surface area contributed by atoms with Gasteiger partial charge in [-0.1, -0.05) is 6.07 Å². The summed E-state index contributed by atoms with van der Waals surface area (Å²) in [6, 6.07) is 8.86. The number of benzene rings is 2. The summed E-state index contributed by atoms with van der Waals surface area (Å²) in [4.78, 5) is 36.1. The molecule has 0 saturated heterocycles. The lowest BCUT2D eigenvalue weighted by atomic mass is 10.1. The highest BCUT2D eigenvalue weighted by Gasteiger charge is 2.28. The first-order chi connectivity index (χ1) is 16.4. The molecule has 0 fully saturated rings. The lowest BCUT2D eigenvalue weighted by Crippen LogP contribution is -2.43. The molecule has 0 radical (unpaired) electrons. The number of rotatable bonds is 11. The maximum atomic E-state index is 12.7. The predicted octanol–water partition coefficient (Wildman–Crippen LogP) is 3.02. The van der Waals surface area contributed by atoms with E-state index in [4.69, 9.17) is 18.9 Å². The molecule has 1 heterocycles. The van der Waals surface area contributed by atoms with Crippen molar-refractivity contribution in [2.24, 2.45) is 0 Å². The molecule has 1 aliphatic rings. The molecule has 2 N–H and O–H groups in total. The highest BCUT2D eigenvalue weighted by atomic mass is 32.2. The fourth-order valence-electron chi connectivity index (χ4n) is 3.23. The first-order valence-corrected chi connectivity index (χ1v) is 11.7. The van der Waals surface area contributed by atoms with E-state index in [-0.39, 0.29) is 18.1 Å². The minimum atomic E-state index is -1.10. The number of thioether (sulfide) groups is 1. The highest BCUT2D eigenvalue weighted by Crippen LogP contribution is 2.36. The Morgan fingerprint density at radius 3 is 2.59 bits per heavy atom. The van der Waals surface area contributed by atoms with E-state index in [1.165, 1.54) is 32.0 Å². The van der Waals surface area contributed by atoms with Crippen molar-refractivity contribution < 1.29 is 38.4 Å². The zero-order valence-corrected chi connectivity index (χ0v) is 19.8. The maximum Gasteiger partial charge on any atom is 0.326 e. The third kappa shape index (κ3) is 6.02. The second kappa shape index (κ2) is 11.5. The van der Waals surface area contributed by atoms with Crippen LogP contribution in [0.3, 0.4) is 0 Å². The minimum Gasteiger partial charge on any atom is -0.493 e. The van der Waals surface area contributed by atoms with Crippen molar-refractivity contribution in [3.05, 3.63) is 53.3 Å². The Kier molecular flexibility index (Phi) is 8.42. The van der Waals surface area contributed by atoms with Gasteiger partial charge in [-0.2, -0.15) is 11.8 Å². The molecule has 3 rings (SSSR count). The molecular formula is C24H25NO8S. The van der Waals surface area contributed by atoms with Crippen LogP contribution in [-0.2, 0) is 9.59 Å². The Morgan fingerprint density at radius 1 is 1.15 bits per heavy atom. The Labute approximate surface area is 201 Å². The number of hydrogen-bond donors (Lipinski definition) is 2. The molecule has 0 aliphatic carbocycles. The molecule has 9 nitrogen and oxygen atoms in total. The minimum absolute atomic E-state index is 0.134. The molecule has 1 amide bonds. The third-order valence-corrected chi connectivity index (χ3v) is 5.60. The van der Waals surface area contributed by atoms with E-state index >= 15 is 0 Å². The van der Waals surface area contributed by atoms with Crippen LogP contribution in [0.4, 0.5) is 0 Å². The summed E-state index contributed by atoms with van der Waals surface area (Å²) in [7, 11) is 3.06. The van der Waals surface area contributed by atoms with E-state index in [0.717, 1.165) is 0 Å². The molecule has 0 bridgehead atoms. The fraction of sp³-hybridized carbons (Fsp3) is 0.292. The summed E-state index contributed by atoms with van der Waals surface area (Å²) in [5.74, 6) is 0.503. The second-order valence-electron chi connectivity index (χ2n) is 7.24. The third-order valence-electron chi connectivity index (χ3n) is 4.96. The Hall–Kier alpha value is -3.66. The number of carbonyl (C=O) groups is 3. The van der Waals surface area contributed by atoms with Crippen LogP contribution in [0.15, 0.2) is 42.2 Å². The number of amides is 1. The summed E-state index contributed by atoms with van der Waals surface area (Å²) in [5.41, 5.74) is 1.06. The van der Waals surface area contributed by atoms with Gasteiger partial charge in [0.15, 0.2) is 23.9 Å². The number of carboxylic acids is 1. The van der Waals surface area contributed by atoms with Crippen LogP contribution in [0.25, 0.3) is 6.08 Å². The van der Waals surface area contributed by atoms with Crippen molar-refractivity contribution in [2.45, 2.75) is 12.5 Å². The zero-order valence-electron chi connectivity index (χ0n) is 19.0. The molecule has 10 heteroatoms. The van der Waals surface area contributed by atoms with E-state index in [2.05, 4.69) is 5.32 Å². The van der Waals surface area contributed by atoms with Crippen LogP contribution in [0.5, 0.6) is 23.0 Å². The normalized spacial score (nSPS) is 14.2. The topological polar surface area (TPSA) is 120 Å². The monoisotopic (exact) mass is 487 g/mol. The summed E-state index contributed by atoms with van der Waals surface area (Å²) in [6.45, 7) is -0.371. The van der Waals surface area contributed by atoms with E-state index in [1.807, 2.05) is 6.26 Å². The molecule has 2 aromatic rings. The number of ketones is 1. The average Bonchev–Trinajstić information content (AvgIpc) is 3.14. The van der Waals surface area contributed by atoms with Crippen molar-refractivity contribution in [1.82, 2.24) is 5.32 Å². The van der Waals surface area contributed by atoms with Crippen LogP contribution in [0.2, 0.25) is 0 Å². The number of carbonyl (C=O) groups excluding carboxylic acids is 2. The van der Waals surface area contributed by atoms with Gasteiger partial charge in [-0.25, -0.2) is 4.79 Å². The standard InChI is InChI=1S/C24H25NO8S/c1-30-18-7-4-14(10-20(18)31-2)11-21-23(27)16-6-5-15(12-19(16)33-21)32-13-22(26)25-17(24(28)29)8-9-34-3/h4-7,10-12,17H,8-9,13H2,1-3H3,(H,25,26)(H,28,29)/b21-11-/t17-/m1/s1. The van der Waals surface area contributed by atoms with Gasteiger partial charge in [-0.3, -0.25) is 9.59 Å². The number of ether oxygens (including phenoxy) is 4. The second-order valence-corrected chi connectivity index (χ2v) is 8.23. The fourth-order valence-corrected chi connectivity index (χ4v) is 3.70. The van der Waals surface area contributed by atoms with Gasteiger partial charge in [0.1, 0.15) is 17.5 Å². The number of Topliss-reactive ketones (excluding diaryl/α,β-unsaturated/α-hetero) is 1. The van der Waals surface area contributed by atoms with E-state index in [0.29, 0.717) is 46.3 Å². The summed E-state index contributed by atoms with van der Waals surface area (Å²) < 4.78 is 21.7. The van der Waals surface area contributed by atoms with E-state index in [1.54, 1.807) is 36.4 Å². The highest BCUT2D eigenvalue weighted by molar-refractivity contribution is 7.98. The average molecular weight is 488 g/mol. The maximum absolute atomic E-state index is 12.7. The van der Waals surface area contributed by atoms with Gasteiger partial charge >= 0.3 is 5.97 Å². The number of allylic oxidation sites excluding steroid dienone is 1. The molecule has 0 saturated carbocycles. The smallest absolute Gasteiger partial charge is 0.326 e. The van der Waals surface area contributed by atoms with Gasteiger partial charge in [0.2, 0.25) is 5.78 Å². The zero-order chi connectivity index (χ0) is 24.7. The number of nitrogens with one attached hydrogen (secondary N) is 1. The van der Waals surface area contributed by atoms with Crippen LogP contribution < -0.4 is 24.3 Å². The quantitative estimate of drug-likeness (QED) is 0.461. The first kappa shape index (κ1) is 25.0. The van der Waals surface area contributed by atoms with Crippen molar-refractivity contribution >= 4 is 35.5 Å². The van der Waals surface area contributed by atoms with Gasteiger partial charge in [0.25, 0.3) is 5.91 Å². The summed E-state index contributed by atoms with van der Waals surface area (Å²) in [5, 5.41) is 11.7. The van der Waals surface area contributed by atoms with Crippen molar-refractivity contribution in [3.63, 3.8) is 0 Å². The molecule has 0 aromatic heterocycles. The summed E-state index contributed by atoms with van der Waals surface area (Å²) in [6.07, 6.45) is 3.77. The van der Waals surface area contributed by atoms with E-state index in [9.17, 15) is 19.5 Å². The lowest BCUT2D eigenvalue weighted by Gasteiger charge is -2.14. The lowest BCUT2D eigenvalue weighted by molar-refractivity contribution is -0.142. The van der Waals surface area contributed by atoms with Crippen molar-refractivity contribution in [1.29, 1.82) is 0 Å². The largest absolute Gasteiger partial charge is 0.493 e. The summed E-state index contributed by atoms with van der Waals surface area (Å²) >= 11 is 1.50. The number of aliphatic carboxylic acids is 1. The molecule has 2 aromatic carbocycles. The van der Waals surface area contributed by atoms with Gasteiger partial charge in [0.05, 0.1) is 19.8 Å². The van der Waals surface area contributed by atoms with Gasteiger partial charge in [-0.05, 0) is 54.3 Å². The molecule has 1 aliphatic heterocycles. The van der Waals surface area contributed by atoms with Crippen molar-refractivity contribution in [2.75, 3.05) is 32.8 Å². The number of methoxy groups -OCH3 is 2. The van der Waals surface area contributed by atoms with Crippen LogP contribution >= 0.6 is 11.8 Å². The molecule has 0 unspecified atom stereocenters. The Bertz CT molecular complexity index is 1110. The molecule has 1 atom stereocenters. The van der Waals surface area contributed by atoms with Crippen LogP contribution in [0.1, 0.15) is 22.3 Å². The van der Waals surface area contributed by atoms with Crippen LogP contribution in [0, 0.1) is 0 Å². The predicted molar refractivity (Wildman–Crippen MR) is 127 cm³/mol. The molecular weight excluding hydrogens is 462 g/mol. The van der Waals surface area contributed by atoms with Crippen LogP contribution in [-0.4, -0.2) is 61.6 Å². The SMILES string of the molecule is COc1ccc(/C=C2\Oc3cc(OCC(=O)N[C@H](CCSC)C(=O)O)ccc3C2=O)cc1OC. The van der Waals surface area contributed by atoms with Crippen molar-refractivity contribution in [3.8, 4) is 23.0 Å². The Balaban J connectivity index is 1.66. The molecule has 34 heavy (non-hydrogen) atoms. The van der Waals surface area contributed by atoms with E-state index < -0.39 is 17.9 Å². The first-order valence-electron chi connectivity index (χ1n) is 10.3. The van der Waals surface area contributed by atoms with Gasteiger partial charge < -0.3 is 29.4 Å².